The Morgan fingerprint density at radius 1 is 1.44 bits per heavy atom. The fourth-order valence-electron chi connectivity index (χ4n) is 2.20. The summed E-state index contributed by atoms with van der Waals surface area (Å²) >= 11 is 0. The van der Waals surface area contributed by atoms with Crippen LogP contribution in [0.2, 0.25) is 0 Å². The van der Waals surface area contributed by atoms with Gasteiger partial charge in [0.2, 0.25) is 5.91 Å². The summed E-state index contributed by atoms with van der Waals surface area (Å²) in [5.41, 5.74) is -0.575. The Morgan fingerprint density at radius 2 is 2.06 bits per heavy atom. The third kappa shape index (κ3) is 3.19. The van der Waals surface area contributed by atoms with Gasteiger partial charge in [-0.15, -0.1) is 0 Å². The molecule has 0 spiro atoms. The van der Waals surface area contributed by atoms with Gasteiger partial charge in [0.05, 0.1) is 11.6 Å². The van der Waals surface area contributed by atoms with Crippen molar-refractivity contribution >= 4 is 5.91 Å². The molecular weight excluding hydrogens is 204 g/mol. The number of hydrogen-bond acceptors (Lipinski definition) is 3. The summed E-state index contributed by atoms with van der Waals surface area (Å²) in [6.45, 7) is 2.39. The Balaban J connectivity index is 1.69. The highest BCUT2D eigenvalue weighted by atomic mass is 16.3. The second-order valence-electron chi connectivity index (χ2n) is 5.32. The largest absolute Gasteiger partial charge is 0.389 e. The minimum absolute atomic E-state index is 0.0593. The first kappa shape index (κ1) is 11.9. The number of nitrogens with one attached hydrogen (secondary N) is 2. The van der Waals surface area contributed by atoms with Gasteiger partial charge in [0.25, 0.3) is 0 Å². The molecule has 0 heterocycles. The van der Waals surface area contributed by atoms with Crippen molar-refractivity contribution in [3.8, 4) is 0 Å². The van der Waals surface area contributed by atoms with Crippen LogP contribution in [-0.4, -0.2) is 35.2 Å². The molecule has 2 fully saturated rings. The SMILES string of the molecule is CC(NCC1(O)CCCC1)C(=O)NC1CC1. The van der Waals surface area contributed by atoms with Gasteiger partial charge in [-0.05, 0) is 32.6 Å². The van der Waals surface area contributed by atoms with Crippen LogP contribution in [0.3, 0.4) is 0 Å². The first-order valence-corrected chi connectivity index (χ1v) is 6.35. The summed E-state index contributed by atoms with van der Waals surface area (Å²) in [5.74, 6) is 0.0593. The van der Waals surface area contributed by atoms with E-state index < -0.39 is 5.60 Å². The van der Waals surface area contributed by atoms with E-state index in [1.54, 1.807) is 0 Å². The molecule has 0 aliphatic heterocycles. The maximum Gasteiger partial charge on any atom is 0.237 e. The number of rotatable bonds is 5. The molecule has 0 saturated heterocycles. The quantitative estimate of drug-likeness (QED) is 0.641. The highest BCUT2D eigenvalue weighted by Crippen LogP contribution is 2.28. The number of aliphatic hydroxyl groups is 1. The van der Waals surface area contributed by atoms with E-state index in [4.69, 9.17) is 0 Å². The summed E-state index contributed by atoms with van der Waals surface area (Å²) in [5, 5.41) is 16.2. The standard InChI is InChI=1S/C12H22N2O2/c1-9(11(15)14-10-4-5-10)13-8-12(16)6-2-3-7-12/h9-10,13,16H,2-8H2,1H3,(H,14,15). The summed E-state index contributed by atoms with van der Waals surface area (Å²) in [4.78, 5) is 11.6. The van der Waals surface area contributed by atoms with Gasteiger partial charge >= 0.3 is 0 Å². The lowest BCUT2D eigenvalue weighted by Crippen LogP contribution is -2.48. The van der Waals surface area contributed by atoms with Crippen LogP contribution in [0.1, 0.15) is 45.4 Å². The molecule has 2 aliphatic carbocycles. The Kier molecular flexibility index (Phi) is 3.50. The van der Waals surface area contributed by atoms with Crippen molar-refractivity contribution in [1.82, 2.24) is 10.6 Å². The van der Waals surface area contributed by atoms with Gasteiger partial charge in [-0.2, -0.15) is 0 Å². The van der Waals surface area contributed by atoms with E-state index in [0.29, 0.717) is 12.6 Å². The van der Waals surface area contributed by atoms with E-state index in [1.165, 1.54) is 0 Å². The first-order chi connectivity index (χ1) is 7.59. The lowest BCUT2D eigenvalue weighted by molar-refractivity contribution is -0.123. The lowest BCUT2D eigenvalue weighted by atomic mass is 10.0. The van der Waals surface area contributed by atoms with Crippen molar-refractivity contribution in [2.45, 2.75) is 63.1 Å². The van der Waals surface area contributed by atoms with Crippen molar-refractivity contribution < 1.29 is 9.90 Å². The molecule has 0 bridgehead atoms. The second kappa shape index (κ2) is 4.72. The van der Waals surface area contributed by atoms with Crippen LogP contribution in [0.15, 0.2) is 0 Å². The molecule has 0 radical (unpaired) electrons. The zero-order valence-electron chi connectivity index (χ0n) is 9.96. The van der Waals surface area contributed by atoms with Crippen LogP contribution in [-0.2, 0) is 4.79 Å². The van der Waals surface area contributed by atoms with Gasteiger partial charge in [-0.25, -0.2) is 0 Å². The molecular formula is C12H22N2O2. The number of carbonyl (C=O) groups is 1. The van der Waals surface area contributed by atoms with Crippen LogP contribution in [0, 0.1) is 0 Å². The topological polar surface area (TPSA) is 61.4 Å². The van der Waals surface area contributed by atoms with E-state index in [2.05, 4.69) is 10.6 Å². The maximum atomic E-state index is 11.6. The van der Waals surface area contributed by atoms with Crippen LogP contribution in [0.4, 0.5) is 0 Å². The molecule has 1 unspecified atom stereocenters. The summed E-state index contributed by atoms with van der Waals surface area (Å²) in [6.07, 6.45) is 6.14. The molecule has 4 nitrogen and oxygen atoms in total. The average Bonchev–Trinajstić information content (AvgIpc) is 2.96. The van der Waals surface area contributed by atoms with Crippen LogP contribution < -0.4 is 10.6 Å². The van der Waals surface area contributed by atoms with Crippen molar-refractivity contribution in [3.05, 3.63) is 0 Å². The third-order valence-corrected chi connectivity index (χ3v) is 3.59. The molecule has 3 N–H and O–H groups in total. The normalized spacial score (nSPS) is 25.4. The smallest absolute Gasteiger partial charge is 0.237 e. The van der Waals surface area contributed by atoms with E-state index in [9.17, 15) is 9.90 Å². The number of carbonyl (C=O) groups excluding carboxylic acids is 1. The molecule has 1 amide bonds. The van der Waals surface area contributed by atoms with E-state index in [1.807, 2.05) is 6.92 Å². The Labute approximate surface area is 96.8 Å². The Bertz CT molecular complexity index is 258. The minimum atomic E-state index is -0.575. The van der Waals surface area contributed by atoms with Gasteiger partial charge < -0.3 is 15.7 Å². The maximum absolute atomic E-state index is 11.6. The summed E-state index contributed by atoms with van der Waals surface area (Å²) in [6, 6.07) is 0.205. The zero-order valence-corrected chi connectivity index (χ0v) is 9.96. The number of amides is 1. The molecule has 16 heavy (non-hydrogen) atoms. The van der Waals surface area contributed by atoms with Crippen LogP contribution >= 0.6 is 0 Å². The van der Waals surface area contributed by atoms with Crippen molar-refractivity contribution in [2.24, 2.45) is 0 Å². The average molecular weight is 226 g/mol. The molecule has 0 aromatic heterocycles. The van der Waals surface area contributed by atoms with Crippen molar-refractivity contribution in [3.63, 3.8) is 0 Å². The molecule has 4 heteroatoms. The second-order valence-corrected chi connectivity index (χ2v) is 5.32. The van der Waals surface area contributed by atoms with Crippen LogP contribution in [0.5, 0.6) is 0 Å². The van der Waals surface area contributed by atoms with Gasteiger partial charge in [0, 0.05) is 12.6 Å². The fraction of sp³-hybridized carbons (Fsp3) is 0.917. The molecule has 92 valence electrons. The van der Waals surface area contributed by atoms with E-state index >= 15 is 0 Å². The molecule has 2 rings (SSSR count). The molecule has 1 atom stereocenters. The van der Waals surface area contributed by atoms with Crippen molar-refractivity contribution in [2.75, 3.05) is 6.54 Å². The highest BCUT2D eigenvalue weighted by molar-refractivity contribution is 5.81. The lowest BCUT2D eigenvalue weighted by Gasteiger charge is -2.24. The monoisotopic (exact) mass is 226 g/mol. The predicted octanol–water partition coefficient (Wildman–Crippen LogP) is 0.548. The molecule has 0 aromatic rings. The van der Waals surface area contributed by atoms with E-state index in [-0.39, 0.29) is 11.9 Å². The molecule has 0 aromatic carbocycles. The van der Waals surface area contributed by atoms with Gasteiger partial charge in [0.1, 0.15) is 0 Å². The molecule has 2 aliphatic rings. The Morgan fingerprint density at radius 3 is 2.62 bits per heavy atom. The van der Waals surface area contributed by atoms with Crippen LogP contribution in [0.25, 0.3) is 0 Å². The number of hydrogen-bond donors (Lipinski definition) is 3. The highest BCUT2D eigenvalue weighted by Gasteiger charge is 2.32. The summed E-state index contributed by atoms with van der Waals surface area (Å²) in [7, 11) is 0. The summed E-state index contributed by atoms with van der Waals surface area (Å²) < 4.78 is 0. The van der Waals surface area contributed by atoms with Gasteiger partial charge in [0.15, 0.2) is 0 Å². The van der Waals surface area contributed by atoms with Crippen molar-refractivity contribution in [1.29, 1.82) is 0 Å². The first-order valence-electron chi connectivity index (χ1n) is 6.35. The third-order valence-electron chi connectivity index (χ3n) is 3.59. The van der Waals surface area contributed by atoms with E-state index in [0.717, 1.165) is 38.5 Å². The molecule has 2 saturated carbocycles. The van der Waals surface area contributed by atoms with Gasteiger partial charge in [-0.1, -0.05) is 12.8 Å². The fourth-order valence-corrected chi connectivity index (χ4v) is 2.20. The zero-order chi connectivity index (χ0) is 11.6. The Hall–Kier alpha value is -0.610. The van der Waals surface area contributed by atoms with Gasteiger partial charge in [-0.3, -0.25) is 4.79 Å². The minimum Gasteiger partial charge on any atom is -0.389 e. The predicted molar refractivity (Wildman–Crippen MR) is 62.0 cm³/mol.